The van der Waals surface area contributed by atoms with E-state index in [-0.39, 0.29) is 22.9 Å². The number of hydrogen-bond donors (Lipinski definition) is 0. The number of carbonyl (C=O) groups is 2. The van der Waals surface area contributed by atoms with Gasteiger partial charge in [0.1, 0.15) is 6.10 Å². The second kappa shape index (κ2) is 12.6. The molecule has 0 bridgehead atoms. The summed E-state index contributed by atoms with van der Waals surface area (Å²) in [7, 11) is 0. The average molecular weight is 499 g/mol. The van der Waals surface area contributed by atoms with Crippen LogP contribution in [0.4, 0.5) is 0 Å². The van der Waals surface area contributed by atoms with Crippen molar-refractivity contribution in [1.82, 2.24) is 0 Å². The van der Waals surface area contributed by atoms with Gasteiger partial charge in [-0.3, -0.25) is 9.59 Å². The van der Waals surface area contributed by atoms with Gasteiger partial charge in [0.05, 0.1) is 0 Å². The molecule has 3 heteroatoms. The molecule has 4 rings (SSSR count). The van der Waals surface area contributed by atoms with E-state index in [4.69, 9.17) is 4.74 Å². The van der Waals surface area contributed by atoms with E-state index in [0.717, 1.165) is 44.4 Å². The van der Waals surface area contributed by atoms with E-state index in [0.29, 0.717) is 24.0 Å². The van der Waals surface area contributed by atoms with Gasteiger partial charge < -0.3 is 4.74 Å². The number of hydrogen-bond acceptors (Lipinski definition) is 3. The van der Waals surface area contributed by atoms with Gasteiger partial charge in [0, 0.05) is 18.3 Å². The first-order valence-electron chi connectivity index (χ1n) is 15.8. The SMILES string of the molecule is CCCCCCCCCCCCCC(=O)OC1CCC2C3CCC4=CC(=O)CCC4(C)C3CCC12C. The van der Waals surface area contributed by atoms with Gasteiger partial charge >= 0.3 is 5.97 Å². The van der Waals surface area contributed by atoms with Crippen LogP contribution in [0.5, 0.6) is 0 Å². The van der Waals surface area contributed by atoms with E-state index >= 15 is 0 Å². The molecule has 0 aliphatic heterocycles. The Kier molecular flexibility index (Phi) is 9.78. The number of rotatable bonds is 13. The highest BCUT2D eigenvalue weighted by atomic mass is 16.5. The molecule has 0 N–H and O–H groups in total. The summed E-state index contributed by atoms with van der Waals surface area (Å²) in [6.45, 7) is 7.15. The van der Waals surface area contributed by atoms with Crippen LogP contribution in [0.25, 0.3) is 0 Å². The first-order valence-corrected chi connectivity index (χ1v) is 15.8. The molecule has 0 radical (unpaired) electrons. The lowest BCUT2D eigenvalue weighted by atomic mass is 9.47. The Morgan fingerprint density at radius 3 is 2.19 bits per heavy atom. The number of allylic oxidation sites excluding steroid dienone is 1. The standard InChI is InChI=1S/C33H54O3/c1-4-5-6-7-8-9-10-11-12-13-14-15-31(35)36-30-19-18-28-27-17-16-25-24-26(34)20-22-32(25,2)29(27)21-23-33(28,30)3/h24,27-30H,4-23H2,1-3H3. The Morgan fingerprint density at radius 2 is 1.50 bits per heavy atom. The average Bonchev–Trinajstić information content (AvgIpc) is 3.19. The van der Waals surface area contributed by atoms with Crippen LogP contribution in [0, 0.1) is 28.6 Å². The molecule has 3 saturated carbocycles. The maximum Gasteiger partial charge on any atom is 0.306 e. The van der Waals surface area contributed by atoms with Crippen LogP contribution in [0.3, 0.4) is 0 Å². The first kappa shape index (κ1) is 27.9. The van der Waals surface area contributed by atoms with Crippen molar-refractivity contribution in [2.75, 3.05) is 0 Å². The third-order valence-corrected chi connectivity index (χ3v) is 11.1. The zero-order valence-corrected chi connectivity index (χ0v) is 23.8. The second-order valence-electron chi connectivity index (χ2n) is 13.4. The van der Waals surface area contributed by atoms with Crippen molar-refractivity contribution in [2.24, 2.45) is 28.6 Å². The summed E-state index contributed by atoms with van der Waals surface area (Å²) in [5.74, 6) is 2.50. The summed E-state index contributed by atoms with van der Waals surface area (Å²) in [5, 5.41) is 0. The van der Waals surface area contributed by atoms with Crippen molar-refractivity contribution < 1.29 is 14.3 Å². The van der Waals surface area contributed by atoms with Crippen molar-refractivity contribution in [3.63, 3.8) is 0 Å². The largest absolute Gasteiger partial charge is 0.462 e. The normalized spacial score (nSPS) is 35.5. The molecule has 0 heterocycles. The zero-order chi connectivity index (χ0) is 25.6. The molecule has 0 aromatic heterocycles. The van der Waals surface area contributed by atoms with E-state index in [1.165, 1.54) is 89.0 Å². The molecule has 204 valence electrons. The molecule has 0 aromatic rings. The summed E-state index contributed by atoms with van der Waals surface area (Å²) < 4.78 is 6.21. The van der Waals surface area contributed by atoms with Crippen molar-refractivity contribution in [3.8, 4) is 0 Å². The summed E-state index contributed by atoms with van der Waals surface area (Å²) in [4.78, 5) is 24.8. The number of ether oxygens (including phenoxy) is 1. The third kappa shape index (κ3) is 6.12. The van der Waals surface area contributed by atoms with E-state index in [1.807, 2.05) is 6.08 Å². The molecule has 3 nitrogen and oxygen atoms in total. The molecule has 36 heavy (non-hydrogen) atoms. The fraction of sp³-hybridized carbons (Fsp3) is 0.879. The molecule has 0 spiro atoms. The highest BCUT2D eigenvalue weighted by molar-refractivity contribution is 5.91. The van der Waals surface area contributed by atoms with Gasteiger partial charge in [-0.2, -0.15) is 0 Å². The highest BCUT2D eigenvalue weighted by Crippen LogP contribution is 2.65. The minimum atomic E-state index is 0.0477. The summed E-state index contributed by atoms with van der Waals surface area (Å²) in [6, 6.07) is 0. The first-order chi connectivity index (χ1) is 17.4. The van der Waals surface area contributed by atoms with Gasteiger partial charge in [-0.25, -0.2) is 0 Å². The van der Waals surface area contributed by atoms with Gasteiger partial charge in [0.25, 0.3) is 0 Å². The monoisotopic (exact) mass is 498 g/mol. The Hall–Kier alpha value is -1.12. The van der Waals surface area contributed by atoms with Crippen LogP contribution in [0.15, 0.2) is 11.6 Å². The molecule has 6 unspecified atom stereocenters. The summed E-state index contributed by atoms with van der Waals surface area (Å²) in [5.41, 5.74) is 1.81. The molecule has 0 amide bonds. The maximum atomic E-state index is 12.8. The maximum absolute atomic E-state index is 12.8. The van der Waals surface area contributed by atoms with Crippen LogP contribution >= 0.6 is 0 Å². The predicted molar refractivity (Wildman–Crippen MR) is 148 cm³/mol. The van der Waals surface area contributed by atoms with E-state index in [1.54, 1.807) is 0 Å². The van der Waals surface area contributed by atoms with Crippen LogP contribution in [0.2, 0.25) is 0 Å². The number of carbonyl (C=O) groups excluding carboxylic acids is 2. The Balaban J connectivity index is 1.17. The minimum Gasteiger partial charge on any atom is -0.462 e. The third-order valence-electron chi connectivity index (χ3n) is 11.1. The number of unbranched alkanes of at least 4 members (excludes halogenated alkanes) is 10. The molecule has 4 aliphatic rings. The number of fused-ring (bicyclic) bond motifs is 5. The summed E-state index contributed by atoms with van der Waals surface area (Å²) in [6.07, 6.45) is 25.8. The van der Waals surface area contributed by atoms with Crippen molar-refractivity contribution >= 4 is 11.8 Å². The zero-order valence-electron chi connectivity index (χ0n) is 23.8. The van der Waals surface area contributed by atoms with Crippen molar-refractivity contribution in [2.45, 2.75) is 155 Å². The fourth-order valence-electron chi connectivity index (χ4n) is 8.86. The Labute approximate surface area is 221 Å². The van der Waals surface area contributed by atoms with Gasteiger partial charge in [-0.15, -0.1) is 0 Å². The lowest BCUT2D eigenvalue weighted by Crippen LogP contribution is -2.51. The van der Waals surface area contributed by atoms with E-state index in [9.17, 15) is 9.59 Å². The predicted octanol–water partition coefficient (Wildman–Crippen LogP) is 9.13. The molecule has 0 aromatic carbocycles. The van der Waals surface area contributed by atoms with E-state index < -0.39 is 0 Å². The van der Waals surface area contributed by atoms with Crippen LogP contribution in [-0.4, -0.2) is 17.9 Å². The van der Waals surface area contributed by atoms with Gasteiger partial charge in [0.2, 0.25) is 0 Å². The number of ketones is 1. The van der Waals surface area contributed by atoms with Gasteiger partial charge in [-0.1, -0.05) is 90.6 Å². The lowest BCUT2D eigenvalue weighted by Gasteiger charge is -2.57. The fourth-order valence-corrected chi connectivity index (χ4v) is 8.86. The number of esters is 1. The van der Waals surface area contributed by atoms with Crippen molar-refractivity contribution in [3.05, 3.63) is 11.6 Å². The van der Waals surface area contributed by atoms with Crippen molar-refractivity contribution in [1.29, 1.82) is 0 Å². The van der Waals surface area contributed by atoms with Crippen LogP contribution in [0.1, 0.15) is 149 Å². The van der Waals surface area contributed by atoms with Gasteiger partial charge in [0.15, 0.2) is 5.78 Å². The van der Waals surface area contributed by atoms with Crippen LogP contribution < -0.4 is 0 Å². The quantitative estimate of drug-likeness (QED) is 0.188. The summed E-state index contributed by atoms with van der Waals surface area (Å²) >= 11 is 0. The lowest BCUT2D eigenvalue weighted by molar-refractivity contribution is -0.160. The smallest absolute Gasteiger partial charge is 0.306 e. The molecular formula is C33H54O3. The minimum absolute atomic E-state index is 0.0477. The Bertz CT molecular complexity index is 784. The molecule has 0 saturated heterocycles. The molecular weight excluding hydrogens is 444 g/mol. The Morgan fingerprint density at radius 1 is 0.833 bits per heavy atom. The van der Waals surface area contributed by atoms with E-state index in [2.05, 4.69) is 20.8 Å². The molecule has 3 fully saturated rings. The second-order valence-corrected chi connectivity index (χ2v) is 13.4. The topological polar surface area (TPSA) is 43.4 Å². The molecule has 4 aliphatic carbocycles. The van der Waals surface area contributed by atoms with Crippen LogP contribution in [-0.2, 0) is 14.3 Å². The molecule has 6 atom stereocenters. The van der Waals surface area contributed by atoms with Gasteiger partial charge in [-0.05, 0) is 80.6 Å². The highest BCUT2D eigenvalue weighted by Gasteiger charge is 2.59.